The van der Waals surface area contributed by atoms with Gasteiger partial charge in [-0.15, -0.1) is 22.7 Å². The minimum absolute atomic E-state index is 0.135. The van der Waals surface area contributed by atoms with Crippen LogP contribution in [0.5, 0.6) is 0 Å². The van der Waals surface area contributed by atoms with Gasteiger partial charge in [0.05, 0.1) is 23.5 Å². The number of aromatic nitrogens is 1. The molecule has 0 radical (unpaired) electrons. The zero-order chi connectivity index (χ0) is 19.5. The lowest BCUT2D eigenvalue weighted by Crippen LogP contribution is -2.34. The third-order valence-electron chi connectivity index (χ3n) is 4.20. The maximum absolute atomic E-state index is 12.5. The molecule has 0 saturated carbocycles. The zero-order valence-electron chi connectivity index (χ0n) is 14.6. The maximum Gasteiger partial charge on any atom is 0.325 e. The number of carbonyl (C=O) groups excluding carboxylic acids is 3. The number of thiophene rings is 1. The largest absolute Gasteiger partial charge is 0.325 e. The number of hydrogen-bond donors (Lipinski definition) is 2. The van der Waals surface area contributed by atoms with E-state index >= 15 is 0 Å². The third kappa shape index (κ3) is 3.95. The van der Waals surface area contributed by atoms with E-state index in [0.29, 0.717) is 5.13 Å². The van der Waals surface area contributed by atoms with Crippen LogP contribution in [0.15, 0.2) is 53.2 Å². The SMILES string of the molecule is O=C(C[C@@H]1NC(=O)N(Cc2ccccc2)C1=O)Nc1nc(-c2cccs2)cs1. The quantitative estimate of drug-likeness (QED) is 0.608. The van der Waals surface area contributed by atoms with Gasteiger partial charge in [-0.3, -0.25) is 14.5 Å². The lowest BCUT2D eigenvalue weighted by Gasteiger charge is -2.12. The van der Waals surface area contributed by atoms with E-state index in [0.717, 1.165) is 21.0 Å². The van der Waals surface area contributed by atoms with Crippen molar-refractivity contribution >= 4 is 45.7 Å². The molecule has 2 aromatic heterocycles. The van der Waals surface area contributed by atoms with Crippen LogP contribution in [-0.2, 0) is 16.1 Å². The van der Waals surface area contributed by atoms with Gasteiger partial charge in [0.2, 0.25) is 5.91 Å². The first-order valence-electron chi connectivity index (χ1n) is 8.55. The number of thiazole rings is 1. The number of nitrogens with zero attached hydrogens (tertiary/aromatic N) is 2. The highest BCUT2D eigenvalue weighted by molar-refractivity contribution is 7.16. The molecule has 7 nitrogen and oxygen atoms in total. The molecular weight excluding hydrogens is 396 g/mol. The Bertz CT molecular complexity index is 1000. The number of hydrogen-bond acceptors (Lipinski definition) is 6. The number of benzene rings is 1. The zero-order valence-corrected chi connectivity index (χ0v) is 16.3. The van der Waals surface area contributed by atoms with Crippen molar-refractivity contribution in [3.8, 4) is 10.6 Å². The van der Waals surface area contributed by atoms with Gasteiger partial charge in [0, 0.05) is 5.38 Å². The summed E-state index contributed by atoms with van der Waals surface area (Å²) < 4.78 is 0. The summed E-state index contributed by atoms with van der Waals surface area (Å²) in [6.07, 6.45) is -0.135. The van der Waals surface area contributed by atoms with Gasteiger partial charge in [-0.05, 0) is 17.0 Å². The van der Waals surface area contributed by atoms with Crippen LogP contribution in [0.4, 0.5) is 9.93 Å². The molecule has 4 rings (SSSR count). The van der Waals surface area contributed by atoms with Gasteiger partial charge in [-0.25, -0.2) is 9.78 Å². The van der Waals surface area contributed by atoms with Crippen molar-refractivity contribution in [1.82, 2.24) is 15.2 Å². The van der Waals surface area contributed by atoms with Crippen LogP contribution < -0.4 is 10.6 Å². The molecule has 3 heterocycles. The number of amides is 4. The van der Waals surface area contributed by atoms with Gasteiger partial charge in [-0.1, -0.05) is 36.4 Å². The minimum Gasteiger partial charge on any atom is -0.325 e. The normalized spacial score (nSPS) is 16.3. The molecule has 142 valence electrons. The summed E-state index contributed by atoms with van der Waals surface area (Å²) in [4.78, 5) is 43.5. The minimum atomic E-state index is -0.868. The standard InChI is InChI=1S/C19H16N4O3S2/c24-16(22-18-20-14(11-28-18)15-7-4-8-27-15)9-13-17(25)23(19(26)21-13)10-12-5-2-1-3-6-12/h1-8,11,13H,9-10H2,(H,21,26)(H,20,22,24)/t13-/m0/s1. The number of anilines is 1. The van der Waals surface area contributed by atoms with Crippen molar-refractivity contribution in [2.45, 2.75) is 19.0 Å². The van der Waals surface area contributed by atoms with Gasteiger partial charge in [0.25, 0.3) is 5.91 Å². The average molecular weight is 412 g/mol. The first-order valence-corrected chi connectivity index (χ1v) is 10.3. The number of rotatable bonds is 6. The van der Waals surface area contributed by atoms with Crippen molar-refractivity contribution in [2.75, 3.05) is 5.32 Å². The van der Waals surface area contributed by atoms with Crippen molar-refractivity contribution in [3.63, 3.8) is 0 Å². The van der Waals surface area contributed by atoms with Crippen molar-refractivity contribution in [2.24, 2.45) is 0 Å². The second-order valence-corrected chi connectivity index (χ2v) is 7.99. The predicted octanol–water partition coefficient (Wildman–Crippen LogP) is 3.32. The van der Waals surface area contributed by atoms with Crippen LogP contribution in [0.1, 0.15) is 12.0 Å². The molecule has 0 spiro atoms. The number of urea groups is 1. The summed E-state index contributed by atoms with van der Waals surface area (Å²) in [7, 11) is 0. The molecule has 1 aromatic carbocycles. The molecule has 1 aliphatic rings. The monoisotopic (exact) mass is 412 g/mol. The Hall–Kier alpha value is -3.04. The molecule has 3 aromatic rings. The Balaban J connectivity index is 1.36. The Kier molecular flexibility index (Phi) is 5.18. The molecule has 1 saturated heterocycles. The van der Waals surface area contributed by atoms with Crippen LogP contribution in [0.2, 0.25) is 0 Å². The van der Waals surface area contributed by atoms with Crippen LogP contribution in [0.3, 0.4) is 0 Å². The highest BCUT2D eigenvalue weighted by atomic mass is 32.1. The average Bonchev–Trinajstić information content (AvgIpc) is 3.41. The second-order valence-electron chi connectivity index (χ2n) is 6.18. The van der Waals surface area contributed by atoms with Gasteiger partial charge in [0.15, 0.2) is 5.13 Å². The summed E-state index contributed by atoms with van der Waals surface area (Å²) in [5.74, 6) is -0.769. The lowest BCUT2D eigenvalue weighted by molar-refractivity contribution is -0.130. The fourth-order valence-corrected chi connectivity index (χ4v) is 4.34. The van der Waals surface area contributed by atoms with Crippen LogP contribution in [0.25, 0.3) is 10.6 Å². The summed E-state index contributed by atoms with van der Waals surface area (Å²) >= 11 is 2.89. The third-order valence-corrected chi connectivity index (χ3v) is 5.85. The Morgan fingerprint density at radius 3 is 2.71 bits per heavy atom. The number of carbonyl (C=O) groups is 3. The summed E-state index contributed by atoms with van der Waals surface area (Å²) in [5, 5.41) is 9.57. The van der Waals surface area contributed by atoms with Gasteiger partial charge in [-0.2, -0.15) is 0 Å². The Morgan fingerprint density at radius 1 is 1.14 bits per heavy atom. The summed E-state index contributed by atoms with van der Waals surface area (Å²) in [6, 6.07) is 11.8. The van der Waals surface area contributed by atoms with Crippen molar-refractivity contribution < 1.29 is 14.4 Å². The first kappa shape index (κ1) is 18.3. The van der Waals surface area contributed by atoms with Gasteiger partial charge in [0.1, 0.15) is 6.04 Å². The summed E-state index contributed by atoms with van der Waals surface area (Å²) in [6.45, 7) is 0.181. The number of nitrogens with one attached hydrogen (secondary N) is 2. The highest BCUT2D eigenvalue weighted by Gasteiger charge is 2.39. The molecule has 28 heavy (non-hydrogen) atoms. The Labute approximate surface area is 169 Å². The van der Waals surface area contributed by atoms with E-state index in [1.807, 2.05) is 53.2 Å². The number of imide groups is 1. The highest BCUT2D eigenvalue weighted by Crippen LogP contribution is 2.28. The topological polar surface area (TPSA) is 91.4 Å². The summed E-state index contributed by atoms with van der Waals surface area (Å²) in [5.41, 5.74) is 1.65. The predicted molar refractivity (Wildman–Crippen MR) is 108 cm³/mol. The fraction of sp³-hybridized carbons (Fsp3) is 0.158. The van der Waals surface area contributed by atoms with Gasteiger partial charge < -0.3 is 10.6 Å². The molecule has 0 aliphatic carbocycles. The molecule has 2 N–H and O–H groups in total. The van der Waals surface area contributed by atoms with Crippen molar-refractivity contribution in [1.29, 1.82) is 0 Å². The molecule has 1 fully saturated rings. The van der Waals surface area contributed by atoms with E-state index in [1.165, 1.54) is 11.3 Å². The Morgan fingerprint density at radius 2 is 1.96 bits per heavy atom. The second kappa shape index (κ2) is 7.91. The van der Waals surface area contributed by atoms with E-state index in [2.05, 4.69) is 15.6 Å². The molecule has 1 atom stereocenters. The van der Waals surface area contributed by atoms with Crippen molar-refractivity contribution in [3.05, 3.63) is 58.8 Å². The van der Waals surface area contributed by atoms with E-state index in [-0.39, 0.29) is 18.9 Å². The molecule has 9 heteroatoms. The maximum atomic E-state index is 12.5. The molecule has 0 unspecified atom stereocenters. The van der Waals surface area contributed by atoms with E-state index < -0.39 is 18.0 Å². The van der Waals surface area contributed by atoms with Crippen LogP contribution in [0, 0.1) is 0 Å². The molecular formula is C19H16N4O3S2. The van der Waals surface area contributed by atoms with E-state index in [4.69, 9.17) is 0 Å². The first-order chi connectivity index (χ1) is 13.6. The molecule has 4 amide bonds. The van der Waals surface area contributed by atoms with Crippen LogP contribution in [-0.4, -0.2) is 33.8 Å². The van der Waals surface area contributed by atoms with Crippen LogP contribution >= 0.6 is 22.7 Å². The van der Waals surface area contributed by atoms with Gasteiger partial charge >= 0.3 is 6.03 Å². The molecule has 0 bridgehead atoms. The molecule has 1 aliphatic heterocycles. The van der Waals surface area contributed by atoms with E-state index in [1.54, 1.807) is 11.3 Å². The van der Waals surface area contributed by atoms with E-state index in [9.17, 15) is 14.4 Å². The smallest absolute Gasteiger partial charge is 0.325 e. The fourth-order valence-electron chi connectivity index (χ4n) is 2.86. The lowest BCUT2D eigenvalue weighted by atomic mass is 10.2.